The van der Waals surface area contributed by atoms with E-state index in [0.717, 1.165) is 28.6 Å². The Morgan fingerprint density at radius 3 is 2.59 bits per heavy atom. The molecule has 7 heteroatoms. The Labute approximate surface area is 177 Å². The van der Waals surface area contributed by atoms with Crippen molar-refractivity contribution in [1.29, 1.82) is 0 Å². The molecule has 2 N–H and O–H groups in total. The van der Waals surface area contributed by atoms with Crippen LogP contribution in [0.4, 0.5) is 11.4 Å². The van der Waals surface area contributed by atoms with Gasteiger partial charge >= 0.3 is 0 Å². The van der Waals surface area contributed by atoms with Gasteiger partial charge in [0.2, 0.25) is 11.8 Å². The Bertz CT molecular complexity index is 987. The van der Waals surface area contributed by atoms with Crippen molar-refractivity contribution in [3.8, 4) is 0 Å². The minimum absolute atomic E-state index is 0.139. The molecule has 6 nitrogen and oxygen atoms in total. The third-order valence-corrected chi connectivity index (χ3v) is 6.01. The van der Waals surface area contributed by atoms with E-state index in [1.807, 2.05) is 31.2 Å². The van der Waals surface area contributed by atoms with Gasteiger partial charge in [-0.1, -0.05) is 18.2 Å². The molecule has 29 heavy (non-hydrogen) atoms. The van der Waals surface area contributed by atoms with Crippen LogP contribution in [0.15, 0.2) is 46.9 Å². The topological polar surface area (TPSA) is 78.5 Å². The molecule has 4 rings (SSSR count). The summed E-state index contributed by atoms with van der Waals surface area (Å²) in [5, 5.41) is 5.80. The number of amides is 3. The van der Waals surface area contributed by atoms with Gasteiger partial charge in [0, 0.05) is 28.3 Å². The second-order valence-electron chi connectivity index (χ2n) is 7.55. The van der Waals surface area contributed by atoms with Crippen LogP contribution >= 0.6 is 15.9 Å². The van der Waals surface area contributed by atoms with Crippen molar-refractivity contribution in [3.05, 3.63) is 58.1 Å². The van der Waals surface area contributed by atoms with E-state index in [1.165, 1.54) is 0 Å². The van der Waals surface area contributed by atoms with Crippen LogP contribution in [-0.4, -0.2) is 30.3 Å². The van der Waals surface area contributed by atoms with Crippen molar-refractivity contribution in [3.63, 3.8) is 0 Å². The van der Waals surface area contributed by atoms with Crippen molar-refractivity contribution in [1.82, 2.24) is 5.32 Å². The fourth-order valence-electron chi connectivity index (χ4n) is 3.45. The normalized spacial score (nSPS) is 18.6. The van der Waals surface area contributed by atoms with Gasteiger partial charge in [-0.15, -0.1) is 0 Å². The summed E-state index contributed by atoms with van der Waals surface area (Å²) in [7, 11) is 0. The predicted molar refractivity (Wildman–Crippen MR) is 115 cm³/mol. The summed E-state index contributed by atoms with van der Waals surface area (Å²) >= 11 is 3.46. The van der Waals surface area contributed by atoms with Crippen LogP contribution in [-0.2, 0) is 9.59 Å². The summed E-state index contributed by atoms with van der Waals surface area (Å²) < 4.78 is 0.819. The minimum atomic E-state index is -0.745. The van der Waals surface area contributed by atoms with Crippen LogP contribution in [0.25, 0.3) is 0 Å². The molecule has 3 amide bonds. The van der Waals surface area contributed by atoms with Gasteiger partial charge in [-0.3, -0.25) is 14.4 Å². The van der Waals surface area contributed by atoms with Gasteiger partial charge < -0.3 is 15.5 Å². The highest BCUT2D eigenvalue weighted by molar-refractivity contribution is 9.10. The van der Waals surface area contributed by atoms with E-state index < -0.39 is 5.92 Å². The molecule has 1 heterocycles. The number of para-hydroxylation sites is 1. The molecule has 2 aliphatic rings. The SMILES string of the molecule is Cc1ccc(C(=O)NC2CC2)cc1NC(=O)C1CCN(c2ccccc2Br)C1=O. The first kappa shape index (κ1) is 19.6. The van der Waals surface area contributed by atoms with Gasteiger partial charge in [0.15, 0.2) is 0 Å². The number of benzene rings is 2. The fraction of sp³-hybridized carbons (Fsp3) is 0.318. The molecular weight excluding hydrogens is 434 g/mol. The number of hydrogen-bond donors (Lipinski definition) is 2. The summed E-state index contributed by atoms with van der Waals surface area (Å²) in [6, 6.07) is 13.0. The highest BCUT2D eigenvalue weighted by atomic mass is 79.9. The van der Waals surface area contributed by atoms with E-state index in [1.54, 1.807) is 23.1 Å². The molecule has 0 radical (unpaired) electrons. The van der Waals surface area contributed by atoms with E-state index in [2.05, 4.69) is 26.6 Å². The van der Waals surface area contributed by atoms with Gasteiger partial charge in [0.25, 0.3) is 5.91 Å². The lowest BCUT2D eigenvalue weighted by Crippen LogP contribution is -2.33. The molecule has 1 aliphatic heterocycles. The maximum atomic E-state index is 12.9. The monoisotopic (exact) mass is 455 g/mol. The van der Waals surface area contributed by atoms with E-state index in [-0.39, 0.29) is 23.8 Å². The number of nitrogens with one attached hydrogen (secondary N) is 2. The first-order chi connectivity index (χ1) is 13.9. The molecule has 1 aliphatic carbocycles. The molecule has 2 fully saturated rings. The summed E-state index contributed by atoms with van der Waals surface area (Å²) in [4.78, 5) is 39.6. The smallest absolute Gasteiger partial charge is 0.251 e. The highest BCUT2D eigenvalue weighted by Gasteiger charge is 2.38. The number of aryl methyl sites for hydroxylation is 1. The number of halogens is 1. The third kappa shape index (κ3) is 4.19. The van der Waals surface area contributed by atoms with Crippen molar-refractivity contribution < 1.29 is 14.4 Å². The Morgan fingerprint density at radius 1 is 1.10 bits per heavy atom. The Balaban J connectivity index is 1.47. The van der Waals surface area contributed by atoms with Crippen LogP contribution in [0, 0.1) is 12.8 Å². The lowest BCUT2D eigenvalue weighted by Gasteiger charge is -2.18. The molecule has 1 saturated heterocycles. The molecule has 0 spiro atoms. The highest BCUT2D eigenvalue weighted by Crippen LogP contribution is 2.32. The number of anilines is 2. The molecule has 1 atom stereocenters. The molecular formula is C22H22BrN3O3. The molecule has 2 aromatic rings. The van der Waals surface area contributed by atoms with E-state index >= 15 is 0 Å². The quantitative estimate of drug-likeness (QED) is 0.675. The Kier molecular flexibility index (Phi) is 5.41. The van der Waals surface area contributed by atoms with Crippen molar-refractivity contribution in [2.24, 2.45) is 5.92 Å². The molecule has 2 aromatic carbocycles. The fourth-order valence-corrected chi connectivity index (χ4v) is 3.95. The van der Waals surface area contributed by atoms with E-state index in [0.29, 0.717) is 24.2 Å². The van der Waals surface area contributed by atoms with Crippen molar-refractivity contribution >= 4 is 45.0 Å². The zero-order chi connectivity index (χ0) is 20.5. The summed E-state index contributed by atoms with van der Waals surface area (Å²) in [5.41, 5.74) is 2.67. The number of carbonyl (C=O) groups excluding carboxylic acids is 3. The number of carbonyl (C=O) groups is 3. The summed E-state index contributed by atoms with van der Waals surface area (Å²) in [6.45, 7) is 2.35. The van der Waals surface area contributed by atoms with Gasteiger partial charge in [-0.05, 0) is 71.9 Å². The average Bonchev–Trinajstić information content (AvgIpc) is 3.43. The summed E-state index contributed by atoms with van der Waals surface area (Å²) in [6.07, 6.45) is 2.48. The Hall–Kier alpha value is -2.67. The van der Waals surface area contributed by atoms with Gasteiger partial charge in [0.1, 0.15) is 5.92 Å². The zero-order valence-electron chi connectivity index (χ0n) is 16.1. The molecule has 1 saturated carbocycles. The standard InChI is InChI=1S/C22H22BrN3O3/c1-13-6-7-14(20(27)24-15-8-9-15)12-18(13)25-21(28)16-10-11-26(22(16)29)19-5-3-2-4-17(19)23/h2-7,12,15-16H,8-11H2,1H3,(H,24,27)(H,25,28). The van der Waals surface area contributed by atoms with Crippen LogP contribution in [0.3, 0.4) is 0 Å². The number of rotatable bonds is 5. The second kappa shape index (κ2) is 7.99. The van der Waals surface area contributed by atoms with Crippen LogP contribution in [0.5, 0.6) is 0 Å². The van der Waals surface area contributed by atoms with E-state index in [9.17, 15) is 14.4 Å². The lowest BCUT2D eigenvalue weighted by atomic mass is 10.1. The number of nitrogens with zero attached hydrogens (tertiary/aromatic N) is 1. The van der Waals surface area contributed by atoms with Crippen LogP contribution in [0.2, 0.25) is 0 Å². The lowest BCUT2D eigenvalue weighted by molar-refractivity contribution is -0.129. The van der Waals surface area contributed by atoms with Crippen molar-refractivity contribution in [2.45, 2.75) is 32.2 Å². The van der Waals surface area contributed by atoms with Crippen LogP contribution in [0.1, 0.15) is 35.2 Å². The van der Waals surface area contributed by atoms with Gasteiger partial charge in [-0.25, -0.2) is 0 Å². The first-order valence-electron chi connectivity index (χ1n) is 9.72. The zero-order valence-corrected chi connectivity index (χ0v) is 17.7. The third-order valence-electron chi connectivity index (χ3n) is 5.34. The number of hydrogen-bond acceptors (Lipinski definition) is 3. The predicted octanol–water partition coefficient (Wildman–Crippen LogP) is 3.64. The van der Waals surface area contributed by atoms with E-state index in [4.69, 9.17) is 0 Å². The molecule has 0 aromatic heterocycles. The average molecular weight is 456 g/mol. The van der Waals surface area contributed by atoms with Crippen molar-refractivity contribution in [2.75, 3.05) is 16.8 Å². The first-order valence-corrected chi connectivity index (χ1v) is 10.5. The minimum Gasteiger partial charge on any atom is -0.349 e. The maximum absolute atomic E-state index is 12.9. The molecule has 150 valence electrons. The Morgan fingerprint density at radius 2 is 1.86 bits per heavy atom. The largest absolute Gasteiger partial charge is 0.349 e. The molecule has 0 bridgehead atoms. The second-order valence-corrected chi connectivity index (χ2v) is 8.40. The van der Waals surface area contributed by atoms with Gasteiger partial charge in [-0.2, -0.15) is 0 Å². The van der Waals surface area contributed by atoms with Crippen LogP contribution < -0.4 is 15.5 Å². The summed E-state index contributed by atoms with van der Waals surface area (Å²) in [5.74, 6) is -1.44. The van der Waals surface area contributed by atoms with Gasteiger partial charge in [0.05, 0.1) is 5.69 Å². The maximum Gasteiger partial charge on any atom is 0.251 e. The molecule has 1 unspecified atom stereocenters.